The van der Waals surface area contributed by atoms with E-state index in [1.54, 1.807) is 0 Å². The van der Waals surface area contributed by atoms with Gasteiger partial charge >= 0.3 is 0 Å². The second kappa shape index (κ2) is 11.9. The van der Waals surface area contributed by atoms with Gasteiger partial charge in [-0.1, -0.05) is 13.3 Å². The monoisotopic (exact) mass is 323 g/mol. The molecule has 132 valence electrons. The molecule has 0 saturated heterocycles. The van der Waals surface area contributed by atoms with Crippen LogP contribution in [0.5, 0.6) is 0 Å². The number of hydrogen-bond acceptors (Lipinski definition) is 3. The van der Waals surface area contributed by atoms with Crippen molar-refractivity contribution in [3.63, 3.8) is 0 Å². The Kier molecular flexibility index (Phi) is 10.1. The first kappa shape index (κ1) is 19.5. The number of nitrogens with zero attached hydrogens (tertiary/aromatic N) is 3. The first-order chi connectivity index (χ1) is 11.2. The largest absolute Gasteiger partial charge is 0.396 e. The normalized spacial score (nSPS) is 13.1. The standard InChI is InChI=1S/C17H33N5O/c1-4-7-15(9-11-23)12-20-17(18-5-2)19-10-6-8-16-13-21-22(3)14-16/h13-15,23H,4-12H2,1-3H3,(H2,18,19,20). The quantitative estimate of drug-likeness (QED) is 0.329. The van der Waals surface area contributed by atoms with E-state index in [1.807, 2.05) is 17.9 Å². The van der Waals surface area contributed by atoms with E-state index in [4.69, 9.17) is 5.11 Å². The van der Waals surface area contributed by atoms with Gasteiger partial charge in [-0.15, -0.1) is 0 Å². The summed E-state index contributed by atoms with van der Waals surface area (Å²) in [6.07, 6.45) is 9.12. The molecule has 0 bridgehead atoms. The zero-order valence-corrected chi connectivity index (χ0v) is 14.9. The summed E-state index contributed by atoms with van der Waals surface area (Å²) >= 11 is 0. The topological polar surface area (TPSA) is 74.5 Å². The van der Waals surface area contributed by atoms with Gasteiger partial charge < -0.3 is 15.7 Å². The first-order valence-electron chi connectivity index (χ1n) is 8.80. The molecule has 1 heterocycles. The van der Waals surface area contributed by atoms with Gasteiger partial charge in [0.05, 0.1) is 6.20 Å². The Bertz CT molecular complexity index is 438. The van der Waals surface area contributed by atoms with Crippen molar-refractivity contribution in [1.82, 2.24) is 20.4 Å². The Labute approximate surface area is 140 Å². The van der Waals surface area contributed by atoms with Crippen LogP contribution in [-0.4, -0.2) is 47.1 Å². The molecule has 6 heteroatoms. The van der Waals surface area contributed by atoms with Gasteiger partial charge in [-0.25, -0.2) is 0 Å². The molecule has 0 saturated carbocycles. The average molecular weight is 323 g/mol. The van der Waals surface area contributed by atoms with E-state index in [2.05, 4.69) is 40.8 Å². The van der Waals surface area contributed by atoms with Crippen molar-refractivity contribution in [1.29, 1.82) is 0 Å². The van der Waals surface area contributed by atoms with E-state index in [-0.39, 0.29) is 6.61 Å². The number of nitrogens with one attached hydrogen (secondary N) is 2. The molecule has 1 aromatic heterocycles. The summed E-state index contributed by atoms with van der Waals surface area (Å²) < 4.78 is 1.84. The van der Waals surface area contributed by atoms with E-state index in [9.17, 15) is 0 Å². The lowest BCUT2D eigenvalue weighted by molar-refractivity contribution is 0.253. The minimum atomic E-state index is 0.245. The van der Waals surface area contributed by atoms with Crippen LogP contribution < -0.4 is 10.6 Å². The Morgan fingerprint density at radius 1 is 1.35 bits per heavy atom. The molecular weight excluding hydrogens is 290 g/mol. The summed E-state index contributed by atoms with van der Waals surface area (Å²) in [4.78, 5) is 4.67. The van der Waals surface area contributed by atoms with Gasteiger partial charge in [0.1, 0.15) is 0 Å². The molecule has 0 amide bonds. The zero-order chi connectivity index (χ0) is 16.9. The predicted octanol–water partition coefficient (Wildman–Crippen LogP) is 1.71. The zero-order valence-electron chi connectivity index (χ0n) is 14.9. The fraction of sp³-hybridized carbons (Fsp3) is 0.765. The highest BCUT2D eigenvalue weighted by molar-refractivity contribution is 5.79. The summed E-state index contributed by atoms with van der Waals surface area (Å²) in [6, 6.07) is 0. The van der Waals surface area contributed by atoms with Crippen molar-refractivity contribution in [3.05, 3.63) is 18.0 Å². The number of guanidine groups is 1. The van der Waals surface area contributed by atoms with Crippen molar-refractivity contribution in [2.45, 2.75) is 46.0 Å². The number of hydrogen-bond donors (Lipinski definition) is 3. The molecule has 1 rings (SSSR count). The maximum atomic E-state index is 9.13. The highest BCUT2D eigenvalue weighted by Gasteiger charge is 2.07. The van der Waals surface area contributed by atoms with E-state index >= 15 is 0 Å². The maximum Gasteiger partial charge on any atom is 0.191 e. The van der Waals surface area contributed by atoms with Crippen molar-refractivity contribution >= 4 is 5.96 Å². The number of rotatable bonds is 11. The van der Waals surface area contributed by atoms with Gasteiger partial charge in [-0.05, 0) is 44.1 Å². The smallest absolute Gasteiger partial charge is 0.191 e. The van der Waals surface area contributed by atoms with Crippen LogP contribution in [0.1, 0.15) is 45.1 Å². The lowest BCUT2D eigenvalue weighted by atomic mass is 10.0. The Morgan fingerprint density at radius 3 is 2.78 bits per heavy atom. The molecule has 1 atom stereocenters. The van der Waals surface area contributed by atoms with E-state index in [0.29, 0.717) is 5.92 Å². The summed E-state index contributed by atoms with van der Waals surface area (Å²) in [5.74, 6) is 1.34. The van der Waals surface area contributed by atoms with Gasteiger partial charge in [0, 0.05) is 39.5 Å². The molecule has 0 aliphatic carbocycles. The Morgan fingerprint density at radius 2 is 2.17 bits per heavy atom. The molecule has 23 heavy (non-hydrogen) atoms. The van der Waals surface area contributed by atoms with E-state index in [0.717, 1.165) is 57.7 Å². The van der Waals surface area contributed by atoms with Gasteiger partial charge in [0.25, 0.3) is 0 Å². The molecule has 0 spiro atoms. The third kappa shape index (κ3) is 8.59. The van der Waals surface area contributed by atoms with Gasteiger partial charge in [-0.2, -0.15) is 5.10 Å². The molecule has 0 aliphatic rings. The molecule has 0 aliphatic heterocycles. The highest BCUT2D eigenvalue weighted by atomic mass is 16.3. The first-order valence-corrected chi connectivity index (χ1v) is 8.80. The van der Waals surface area contributed by atoms with Crippen molar-refractivity contribution < 1.29 is 5.11 Å². The SMILES string of the molecule is CCCC(CCO)CN=C(NCC)NCCCc1cnn(C)c1. The fourth-order valence-electron chi connectivity index (χ4n) is 2.58. The maximum absolute atomic E-state index is 9.13. The third-order valence-corrected chi connectivity index (χ3v) is 3.78. The highest BCUT2D eigenvalue weighted by Crippen LogP contribution is 2.10. The number of aliphatic imine (C=N–C) groups is 1. The lowest BCUT2D eigenvalue weighted by Crippen LogP contribution is -2.38. The Balaban J connectivity index is 2.35. The van der Waals surface area contributed by atoms with Gasteiger partial charge in [0.2, 0.25) is 0 Å². The molecule has 3 N–H and O–H groups in total. The summed E-state index contributed by atoms with van der Waals surface area (Å²) in [5, 5.41) is 20.0. The number of aromatic nitrogens is 2. The molecule has 1 aromatic rings. The molecule has 0 radical (unpaired) electrons. The summed E-state index contributed by atoms with van der Waals surface area (Å²) in [6.45, 7) is 7.01. The van der Waals surface area contributed by atoms with Crippen LogP contribution in [0.4, 0.5) is 0 Å². The minimum absolute atomic E-state index is 0.245. The second-order valence-electron chi connectivity index (χ2n) is 5.94. The number of aliphatic hydroxyl groups excluding tert-OH is 1. The molecular formula is C17H33N5O. The van der Waals surface area contributed by atoms with Gasteiger partial charge in [-0.3, -0.25) is 9.67 Å². The van der Waals surface area contributed by atoms with Crippen molar-refractivity contribution in [2.75, 3.05) is 26.2 Å². The molecule has 1 unspecified atom stereocenters. The van der Waals surface area contributed by atoms with Crippen molar-refractivity contribution in [3.8, 4) is 0 Å². The van der Waals surface area contributed by atoms with Crippen LogP contribution in [0.3, 0.4) is 0 Å². The lowest BCUT2D eigenvalue weighted by Gasteiger charge is -2.15. The van der Waals surface area contributed by atoms with Crippen LogP contribution >= 0.6 is 0 Å². The second-order valence-corrected chi connectivity index (χ2v) is 5.94. The summed E-state index contributed by atoms with van der Waals surface area (Å²) in [5.41, 5.74) is 1.27. The molecule has 0 fully saturated rings. The van der Waals surface area contributed by atoms with Crippen molar-refractivity contribution in [2.24, 2.45) is 18.0 Å². The van der Waals surface area contributed by atoms with E-state index in [1.165, 1.54) is 5.56 Å². The third-order valence-electron chi connectivity index (χ3n) is 3.78. The van der Waals surface area contributed by atoms with Crippen LogP contribution in [0.2, 0.25) is 0 Å². The van der Waals surface area contributed by atoms with Crippen LogP contribution in [0.15, 0.2) is 17.4 Å². The Hall–Kier alpha value is -1.56. The number of aryl methyl sites for hydroxylation is 2. The van der Waals surface area contributed by atoms with Crippen LogP contribution in [0.25, 0.3) is 0 Å². The minimum Gasteiger partial charge on any atom is -0.396 e. The average Bonchev–Trinajstić information content (AvgIpc) is 2.94. The van der Waals surface area contributed by atoms with Crippen LogP contribution in [-0.2, 0) is 13.5 Å². The van der Waals surface area contributed by atoms with E-state index < -0.39 is 0 Å². The number of aliphatic hydroxyl groups is 1. The van der Waals surface area contributed by atoms with Gasteiger partial charge in [0.15, 0.2) is 5.96 Å². The molecule has 6 nitrogen and oxygen atoms in total. The predicted molar refractivity (Wildman–Crippen MR) is 95.6 cm³/mol. The summed E-state index contributed by atoms with van der Waals surface area (Å²) in [7, 11) is 1.94. The van der Waals surface area contributed by atoms with Crippen LogP contribution in [0, 0.1) is 5.92 Å². The fourth-order valence-corrected chi connectivity index (χ4v) is 2.58. The molecule has 0 aromatic carbocycles.